The minimum Gasteiger partial charge on any atom is -0.380 e. The van der Waals surface area contributed by atoms with Crippen LogP contribution in [0.3, 0.4) is 0 Å². The third-order valence-electron chi connectivity index (χ3n) is 4.17. The van der Waals surface area contributed by atoms with Crippen molar-refractivity contribution in [3.8, 4) is 0 Å². The van der Waals surface area contributed by atoms with Gasteiger partial charge in [0.25, 0.3) is 0 Å². The van der Waals surface area contributed by atoms with Gasteiger partial charge in [-0.15, -0.1) is 12.4 Å². The first-order chi connectivity index (χ1) is 9.76. The molecule has 2 rings (SSSR count). The number of hydrogen-bond donors (Lipinski definition) is 2. The second kappa shape index (κ2) is 9.03. The topological polar surface area (TPSA) is 64.3 Å². The monoisotopic (exact) mass is 312 g/mol. The highest BCUT2D eigenvalue weighted by Crippen LogP contribution is 2.31. The molecule has 118 valence electrons. The summed E-state index contributed by atoms with van der Waals surface area (Å²) in [6.45, 7) is 1.74. The number of nitrogens with two attached hydrogens (primary N) is 1. The van der Waals surface area contributed by atoms with E-state index in [2.05, 4.69) is 5.32 Å². The van der Waals surface area contributed by atoms with Crippen LogP contribution >= 0.6 is 12.4 Å². The highest BCUT2D eigenvalue weighted by atomic mass is 35.5. The first-order valence-electron chi connectivity index (χ1n) is 7.29. The minimum absolute atomic E-state index is 0. The quantitative estimate of drug-likeness (QED) is 0.846. The van der Waals surface area contributed by atoms with E-state index in [1.54, 1.807) is 7.11 Å². The summed E-state index contributed by atoms with van der Waals surface area (Å²) in [6, 6.07) is 8.03. The Morgan fingerprint density at radius 3 is 2.71 bits per heavy atom. The molecule has 1 amide bonds. The molecule has 2 atom stereocenters. The largest absolute Gasteiger partial charge is 0.380 e. The molecule has 21 heavy (non-hydrogen) atoms. The van der Waals surface area contributed by atoms with E-state index >= 15 is 0 Å². The Hall–Kier alpha value is -1.10. The summed E-state index contributed by atoms with van der Waals surface area (Å²) in [6.07, 6.45) is 3.16. The van der Waals surface area contributed by atoms with E-state index in [-0.39, 0.29) is 24.2 Å². The van der Waals surface area contributed by atoms with Gasteiger partial charge in [-0.3, -0.25) is 4.79 Å². The van der Waals surface area contributed by atoms with Crippen molar-refractivity contribution in [1.82, 2.24) is 5.32 Å². The molecule has 0 unspecified atom stereocenters. The van der Waals surface area contributed by atoms with Gasteiger partial charge >= 0.3 is 0 Å². The Morgan fingerprint density at radius 1 is 1.33 bits per heavy atom. The van der Waals surface area contributed by atoms with E-state index in [9.17, 15) is 4.79 Å². The van der Waals surface area contributed by atoms with Gasteiger partial charge in [-0.05, 0) is 36.4 Å². The summed E-state index contributed by atoms with van der Waals surface area (Å²) in [5, 5.41) is 3.05. The molecule has 1 aromatic rings. The number of carbonyl (C=O) groups excluding carboxylic acids is 1. The van der Waals surface area contributed by atoms with E-state index in [1.165, 1.54) is 0 Å². The Morgan fingerprint density at radius 2 is 2.05 bits per heavy atom. The van der Waals surface area contributed by atoms with Crippen molar-refractivity contribution >= 4 is 18.3 Å². The fraction of sp³-hybridized carbons (Fsp3) is 0.562. The van der Waals surface area contributed by atoms with Crippen LogP contribution in [0.15, 0.2) is 24.3 Å². The second-order valence-electron chi connectivity index (χ2n) is 5.45. The lowest BCUT2D eigenvalue weighted by Crippen LogP contribution is -2.34. The van der Waals surface area contributed by atoms with Crippen LogP contribution in [0, 0.1) is 11.8 Å². The van der Waals surface area contributed by atoms with Crippen LogP contribution in [-0.4, -0.2) is 19.6 Å². The molecule has 0 aromatic heterocycles. The number of halogens is 1. The predicted octanol–water partition coefficient (Wildman–Crippen LogP) is 2.25. The van der Waals surface area contributed by atoms with Gasteiger partial charge in [0.1, 0.15) is 0 Å². The average molecular weight is 313 g/mol. The number of amides is 1. The molecule has 1 saturated carbocycles. The third-order valence-corrected chi connectivity index (χ3v) is 4.17. The predicted molar refractivity (Wildman–Crippen MR) is 86.1 cm³/mol. The number of benzene rings is 1. The van der Waals surface area contributed by atoms with Crippen LogP contribution in [-0.2, 0) is 22.7 Å². The van der Waals surface area contributed by atoms with Crippen LogP contribution in [0.25, 0.3) is 0 Å². The maximum Gasteiger partial charge on any atom is 0.223 e. The van der Waals surface area contributed by atoms with E-state index in [0.29, 0.717) is 25.6 Å². The molecule has 1 aromatic carbocycles. The van der Waals surface area contributed by atoms with Crippen LogP contribution < -0.4 is 11.1 Å². The zero-order chi connectivity index (χ0) is 14.4. The summed E-state index contributed by atoms with van der Waals surface area (Å²) < 4.78 is 5.18. The fourth-order valence-corrected chi connectivity index (χ4v) is 3.00. The van der Waals surface area contributed by atoms with Gasteiger partial charge < -0.3 is 15.8 Å². The SMILES string of the molecule is COCc1ccccc1CNC(=O)[C@@H]1CCC[C@@H]1CN.Cl. The summed E-state index contributed by atoms with van der Waals surface area (Å²) in [7, 11) is 1.68. The number of ether oxygens (including phenoxy) is 1. The zero-order valence-corrected chi connectivity index (χ0v) is 13.3. The van der Waals surface area contributed by atoms with Crippen molar-refractivity contribution in [3.63, 3.8) is 0 Å². The summed E-state index contributed by atoms with van der Waals surface area (Å²) in [5.74, 6) is 0.587. The summed E-state index contributed by atoms with van der Waals surface area (Å²) >= 11 is 0. The van der Waals surface area contributed by atoms with E-state index in [0.717, 1.165) is 30.4 Å². The normalized spacial score (nSPS) is 20.9. The molecule has 0 heterocycles. The van der Waals surface area contributed by atoms with Crippen molar-refractivity contribution < 1.29 is 9.53 Å². The molecule has 0 saturated heterocycles. The second-order valence-corrected chi connectivity index (χ2v) is 5.45. The lowest BCUT2D eigenvalue weighted by molar-refractivity contribution is -0.126. The van der Waals surface area contributed by atoms with Gasteiger partial charge in [-0.2, -0.15) is 0 Å². The molecular weight excluding hydrogens is 288 g/mol. The molecule has 1 fully saturated rings. The van der Waals surface area contributed by atoms with Crippen molar-refractivity contribution in [2.24, 2.45) is 17.6 Å². The van der Waals surface area contributed by atoms with Crippen LogP contribution in [0.4, 0.5) is 0 Å². The Balaban J connectivity index is 0.00000220. The Labute approximate surface area is 132 Å². The Kier molecular flexibility index (Phi) is 7.72. The first-order valence-corrected chi connectivity index (χ1v) is 7.29. The van der Waals surface area contributed by atoms with Gasteiger partial charge in [-0.25, -0.2) is 0 Å². The maximum absolute atomic E-state index is 12.3. The zero-order valence-electron chi connectivity index (χ0n) is 12.5. The number of rotatable bonds is 6. The molecule has 5 heteroatoms. The maximum atomic E-state index is 12.3. The molecule has 0 radical (unpaired) electrons. The van der Waals surface area contributed by atoms with Gasteiger partial charge in [0.15, 0.2) is 0 Å². The molecule has 3 N–H and O–H groups in total. The van der Waals surface area contributed by atoms with Gasteiger partial charge in [0, 0.05) is 19.6 Å². The minimum atomic E-state index is 0. The van der Waals surface area contributed by atoms with Gasteiger partial charge in [0.2, 0.25) is 5.91 Å². The highest BCUT2D eigenvalue weighted by molar-refractivity contribution is 5.85. The number of methoxy groups -OCH3 is 1. The lowest BCUT2D eigenvalue weighted by atomic mass is 9.95. The first kappa shape index (κ1) is 18.0. The average Bonchev–Trinajstić information content (AvgIpc) is 2.95. The summed E-state index contributed by atoms with van der Waals surface area (Å²) in [5.41, 5.74) is 7.97. The fourth-order valence-electron chi connectivity index (χ4n) is 3.00. The number of nitrogens with one attached hydrogen (secondary N) is 1. The van der Waals surface area contributed by atoms with Gasteiger partial charge in [0.05, 0.1) is 6.61 Å². The third kappa shape index (κ3) is 4.70. The molecule has 0 aliphatic heterocycles. The van der Waals surface area contributed by atoms with Crippen molar-refractivity contribution in [1.29, 1.82) is 0 Å². The lowest BCUT2D eigenvalue weighted by Gasteiger charge is -2.18. The smallest absolute Gasteiger partial charge is 0.223 e. The number of carbonyl (C=O) groups is 1. The van der Waals surface area contributed by atoms with Crippen molar-refractivity contribution in [2.45, 2.75) is 32.4 Å². The summed E-state index contributed by atoms with van der Waals surface area (Å²) in [4.78, 5) is 12.3. The molecule has 0 spiro atoms. The highest BCUT2D eigenvalue weighted by Gasteiger charge is 2.31. The molecule has 1 aliphatic rings. The van der Waals surface area contributed by atoms with E-state index < -0.39 is 0 Å². The number of hydrogen-bond acceptors (Lipinski definition) is 3. The van der Waals surface area contributed by atoms with Crippen molar-refractivity contribution in [2.75, 3.05) is 13.7 Å². The molecule has 4 nitrogen and oxygen atoms in total. The van der Waals surface area contributed by atoms with Crippen LogP contribution in [0.2, 0.25) is 0 Å². The van der Waals surface area contributed by atoms with Crippen LogP contribution in [0.1, 0.15) is 30.4 Å². The standard InChI is InChI=1S/C16H24N2O2.ClH/c1-20-11-14-6-3-2-5-13(14)10-18-16(19)15-8-4-7-12(15)9-17;/h2-3,5-6,12,15H,4,7-11,17H2,1H3,(H,18,19);1H/t12-,15-;/m1./s1. The Bertz CT molecular complexity index is 454. The van der Waals surface area contributed by atoms with E-state index in [4.69, 9.17) is 10.5 Å². The van der Waals surface area contributed by atoms with Gasteiger partial charge in [-0.1, -0.05) is 30.7 Å². The molecule has 0 bridgehead atoms. The molecular formula is C16H25ClN2O2. The van der Waals surface area contributed by atoms with Crippen LogP contribution in [0.5, 0.6) is 0 Å². The van der Waals surface area contributed by atoms with E-state index in [1.807, 2.05) is 24.3 Å². The molecule has 1 aliphatic carbocycles. The van der Waals surface area contributed by atoms with Crippen molar-refractivity contribution in [3.05, 3.63) is 35.4 Å².